The zero-order valence-corrected chi connectivity index (χ0v) is 17.5. The van der Waals surface area contributed by atoms with E-state index in [2.05, 4.69) is 22.4 Å². The second-order valence-corrected chi connectivity index (χ2v) is 8.58. The van der Waals surface area contributed by atoms with Crippen LogP contribution in [0, 0.1) is 5.82 Å². The minimum Gasteiger partial charge on any atom is -0.348 e. The highest BCUT2D eigenvalue weighted by molar-refractivity contribution is 7.17. The molecule has 1 N–H and O–H groups in total. The number of hydrogen-bond acceptors (Lipinski definition) is 4. The molecule has 0 unspecified atom stereocenters. The van der Waals surface area contributed by atoms with Crippen molar-refractivity contribution in [3.63, 3.8) is 0 Å². The molecular weight excluding hydrogens is 413 g/mol. The molecule has 7 heteroatoms. The first-order chi connectivity index (χ1) is 15.1. The highest BCUT2D eigenvalue weighted by Gasteiger charge is 2.22. The third kappa shape index (κ3) is 3.77. The Hall–Kier alpha value is -3.32. The van der Waals surface area contributed by atoms with Gasteiger partial charge in [-0.1, -0.05) is 36.4 Å². The number of fused-ring (bicyclic) bond motifs is 2. The summed E-state index contributed by atoms with van der Waals surface area (Å²) in [6.45, 7) is -0.0981. The van der Waals surface area contributed by atoms with E-state index in [4.69, 9.17) is 0 Å². The lowest BCUT2D eigenvalue weighted by Crippen LogP contribution is -2.36. The van der Waals surface area contributed by atoms with Crippen LogP contribution in [0.2, 0.25) is 0 Å². The van der Waals surface area contributed by atoms with Gasteiger partial charge in [-0.15, -0.1) is 11.3 Å². The van der Waals surface area contributed by atoms with Gasteiger partial charge in [0.2, 0.25) is 5.91 Å². The minimum absolute atomic E-state index is 0.0410. The molecule has 1 aliphatic rings. The maximum atomic E-state index is 13.3. The number of aromatic nitrogens is 2. The number of rotatable bonds is 4. The van der Waals surface area contributed by atoms with Gasteiger partial charge in [-0.25, -0.2) is 9.37 Å². The molecule has 4 aromatic rings. The Balaban J connectivity index is 1.42. The van der Waals surface area contributed by atoms with Crippen LogP contribution in [-0.2, 0) is 17.8 Å². The van der Waals surface area contributed by atoms with Gasteiger partial charge in [-0.05, 0) is 48.1 Å². The normalized spacial score (nSPS) is 15.6. The van der Waals surface area contributed by atoms with Crippen molar-refractivity contribution in [2.24, 2.45) is 0 Å². The maximum absolute atomic E-state index is 13.3. The summed E-state index contributed by atoms with van der Waals surface area (Å²) in [5.41, 5.74) is 3.59. The van der Waals surface area contributed by atoms with Gasteiger partial charge in [0.1, 0.15) is 17.2 Å². The summed E-state index contributed by atoms with van der Waals surface area (Å²) in [5, 5.41) is 5.38. The second-order valence-electron chi connectivity index (χ2n) is 7.73. The van der Waals surface area contributed by atoms with Crippen LogP contribution < -0.4 is 10.9 Å². The van der Waals surface area contributed by atoms with Gasteiger partial charge in [-0.2, -0.15) is 0 Å². The Labute approximate surface area is 182 Å². The summed E-state index contributed by atoms with van der Waals surface area (Å²) in [6, 6.07) is 14.1. The molecule has 2 aromatic carbocycles. The summed E-state index contributed by atoms with van der Waals surface area (Å²) in [7, 11) is 0. The quantitative estimate of drug-likeness (QED) is 0.517. The molecule has 2 heterocycles. The molecule has 0 fully saturated rings. The van der Waals surface area contributed by atoms with Gasteiger partial charge in [-0.3, -0.25) is 14.2 Å². The first-order valence-electron chi connectivity index (χ1n) is 10.2. The molecule has 5 rings (SSSR count). The number of thiophene rings is 1. The molecule has 1 aliphatic carbocycles. The number of carbonyl (C=O) groups is 1. The zero-order valence-electron chi connectivity index (χ0n) is 16.7. The molecule has 1 atom stereocenters. The Morgan fingerprint density at radius 1 is 1.19 bits per heavy atom. The molecule has 156 valence electrons. The van der Waals surface area contributed by atoms with E-state index in [1.807, 2.05) is 17.5 Å². The van der Waals surface area contributed by atoms with Crippen LogP contribution in [0.1, 0.15) is 30.0 Å². The van der Waals surface area contributed by atoms with Crippen molar-refractivity contribution >= 4 is 27.5 Å². The lowest BCUT2D eigenvalue weighted by Gasteiger charge is -2.26. The van der Waals surface area contributed by atoms with E-state index < -0.39 is 0 Å². The third-order valence-corrected chi connectivity index (χ3v) is 6.62. The molecule has 0 saturated heterocycles. The molecule has 0 bridgehead atoms. The number of benzene rings is 2. The minimum atomic E-state index is -0.334. The fraction of sp³-hybridized carbons (Fsp3) is 0.208. The fourth-order valence-electron chi connectivity index (χ4n) is 4.22. The van der Waals surface area contributed by atoms with Crippen LogP contribution >= 0.6 is 11.3 Å². The number of carbonyl (C=O) groups excluding carboxylic acids is 1. The number of aryl methyl sites for hydroxylation is 1. The second kappa shape index (κ2) is 8.07. The van der Waals surface area contributed by atoms with Crippen LogP contribution in [-0.4, -0.2) is 15.5 Å². The van der Waals surface area contributed by atoms with Crippen molar-refractivity contribution in [2.75, 3.05) is 0 Å². The average Bonchev–Trinajstić information content (AvgIpc) is 3.21. The van der Waals surface area contributed by atoms with Gasteiger partial charge < -0.3 is 5.32 Å². The molecular formula is C24H20FN3O2S. The van der Waals surface area contributed by atoms with Crippen LogP contribution in [0.4, 0.5) is 4.39 Å². The van der Waals surface area contributed by atoms with Crippen LogP contribution in [0.3, 0.4) is 0 Å². The maximum Gasteiger partial charge on any atom is 0.263 e. The van der Waals surface area contributed by atoms with Crippen LogP contribution in [0.25, 0.3) is 21.3 Å². The number of nitrogens with one attached hydrogen (secondary N) is 1. The molecule has 0 spiro atoms. The summed E-state index contributed by atoms with van der Waals surface area (Å²) < 4.78 is 14.6. The van der Waals surface area contributed by atoms with E-state index in [1.54, 1.807) is 12.1 Å². The Bertz CT molecular complexity index is 1330. The summed E-state index contributed by atoms with van der Waals surface area (Å²) in [5.74, 6) is -0.553. The largest absolute Gasteiger partial charge is 0.348 e. The Kier molecular flexibility index (Phi) is 5.11. The standard InChI is InChI=1S/C24H20FN3O2S/c25-17-10-8-16(9-11-17)19-13-31-23-22(19)24(30)28(14-26-23)12-21(29)27-20-7-3-5-15-4-1-2-6-18(15)20/h1-2,4,6,8-11,13-14,20H,3,5,7,12H2,(H,27,29)/t20-/m1/s1. The van der Waals surface area contributed by atoms with Crippen molar-refractivity contribution < 1.29 is 9.18 Å². The van der Waals surface area contributed by atoms with Gasteiger partial charge in [0.05, 0.1) is 17.8 Å². The molecule has 1 amide bonds. The van der Waals surface area contributed by atoms with E-state index in [0.717, 1.165) is 30.4 Å². The molecule has 5 nitrogen and oxygen atoms in total. The van der Waals surface area contributed by atoms with Crippen molar-refractivity contribution in [2.45, 2.75) is 31.8 Å². The van der Waals surface area contributed by atoms with Crippen molar-refractivity contribution in [3.8, 4) is 11.1 Å². The van der Waals surface area contributed by atoms with E-state index in [1.165, 1.54) is 39.9 Å². The van der Waals surface area contributed by atoms with Gasteiger partial charge in [0.15, 0.2) is 0 Å². The monoisotopic (exact) mass is 433 g/mol. The van der Waals surface area contributed by atoms with Crippen molar-refractivity contribution in [1.82, 2.24) is 14.9 Å². The van der Waals surface area contributed by atoms with E-state index >= 15 is 0 Å². The van der Waals surface area contributed by atoms with Gasteiger partial charge >= 0.3 is 0 Å². The first kappa shape index (κ1) is 19.6. The summed E-state index contributed by atoms with van der Waals surface area (Å²) in [4.78, 5) is 30.9. The average molecular weight is 434 g/mol. The topological polar surface area (TPSA) is 64.0 Å². The Morgan fingerprint density at radius 2 is 2.00 bits per heavy atom. The van der Waals surface area contributed by atoms with E-state index in [-0.39, 0.29) is 29.9 Å². The van der Waals surface area contributed by atoms with Crippen molar-refractivity contribution in [3.05, 3.63) is 87.5 Å². The lowest BCUT2D eigenvalue weighted by molar-refractivity contribution is -0.122. The lowest BCUT2D eigenvalue weighted by atomic mass is 9.88. The molecule has 0 saturated carbocycles. The van der Waals surface area contributed by atoms with E-state index in [0.29, 0.717) is 15.8 Å². The predicted octanol–water partition coefficient (Wildman–Crippen LogP) is 4.46. The highest BCUT2D eigenvalue weighted by Crippen LogP contribution is 2.31. The summed E-state index contributed by atoms with van der Waals surface area (Å²) in [6.07, 6.45) is 4.34. The molecule has 31 heavy (non-hydrogen) atoms. The fourth-order valence-corrected chi connectivity index (χ4v) is 5.13. The third-order valence-electron chi connectivity index (χ3n) is 5.73. The van der Waals surface area contributed by atoms with Crippen molar-refractivity contribution in [1.29, 1.82) is 0 Å². The molecule has 0 radical (unpaired) electrons. The SMILES string of the molecule is O=C(Cn1cnc2scc(-c3ccc(F)cc3)c2c1=O)N[C@@H]1CCCc2ccccc21. The van der Waals surface area contributed by atoms with Gasteiger partial charge in [0, 0.05) is 10.9 Å². The van der Waals surface area contributed by atoms with Gasteiger partial charge in [0.25, 0.3) is 5.56 Å². The number of hydrogen-bond donors (Lipinski definition) is 1. The first-order valence-corrected chi connectivity index (χ1v) is 11.1. The molecule has 0 aliphatic heterocycles. The predicted molar refractivity (Wildman–Crippen MR) is 120 cm³/mol. The number of halogens is 1. The zero-order chi connectivity index (χ0) is 21.4. The van der Waals surface area contributed by atoms with Crippen LogP contribution in [0.15, 0.2) is 65.0 Å². The molecule has 2 aromatic heterocycles. The summed E-state index contributed by atoms with van der Waals surface area (Å²) >= 11 is 1.36. The number of nitrogens with zero attached hydrogens (tertiary/aromatic N) is 2. The number of amides is 1. The smallest absolute Gasteiger partial charge is 0.263 e. The van der Waals surface area contributed by atoms with Crippen LogP contribution in [0.5, 0.6) is 0 Å². The van der Waals surface area contributed by atoms with E-state index in [9.17, 15) is 14.0 Å². The Morgan fingerprint density at radius 3 is 2.84 bits per heavy atom. The highest BCUT2D eigenvalue weighted by atomic mass is 32.1.